The van der Waals surface area contributed by atoms with Gasteiger partial charge in [0.2, 0.25) is 0 Å². The van der Waals surface area contributed by atoms with Gasteiger partial charge in [0, 0.05) is 31.2 Å². The normalized spacial score (nSPS) is 18.3. The van der Waals surface area contributed by atoms with Gasteiger partial charge in [-0.05, 0) is 30.4 Å². The van der Waals surface area contributed by atoms with Crippen molar-refractivity contribution in [3.63, 3.8) is 0 Å². The fraction of sp³-hybridized carbons (Fsp3) is 0.333. The summed E-state index contributed by atoms with van der Waals surface area (Å²) < 4.78 is 0. The second-order valence-electron chi connectivity index (χ2n) is 4.79. The van der Waals surface area contributed by atoms with Gasteiger partial charge in [-0.1, -0.05) is 24.3 Å². The highest BCUT2D eigenvalue weighted by Gasteiger charge is 2.17. The Balaban J connectivity index is 1.60. The van der Waals surface area contributed by atoms with Crippen LogP contribution < -0.4 is 5.32 Å². The number of aryl methyl sites for hydroxylation is 1. The zero-order chi connectivity index (χ0) is 12.2. The molecule has 1 atom stereocenters. The fourth-order valence-corrected chi connectivity index (χ4v) is 2.54. The van der Waals surface area contributed by atoms with Crippen LogP contribution in [0.25, 0.3) is 0 Å². The van der Waals surface area contributed by atoms with E-state index < -0.39 is 0 Å². The molecule has 3 nitrogen and oxygen atoms in total. The maximum atomic E-state index is 4.28. The Kier molecular flexibility index (Phi) is 3.33. The molecule has 0 bridgehead atoms. The molecule has 18 heavy (non-hydrogen) atoms. The van der Waals surface area contributed by atoms with Crippen molar-refractivity contribution in [2.24, 2.45) is 0 Å². The van der Waals surface area contributed by atoms with Crippen LogP contribution in [0, 0.1) is 0 Å². The Morgan fingerprint density at radius 1 is 1.17 bits per heavy atom. The highest BCUT2D eigenvalue weighted by atomic mass is 14.9. The van der Waals surface area contributed by atoms with E-state index in [4.69, 9.17) is 0 Å². The zero-order valence-electron chi connectivity index (χ0n) is 10.3. The van der Waals surface area contributed by atoms with Crippen molar-refractivity contribution < 1.29 is 0 Å². The minimum Gasteiger partial charge on any atom is -0.308 e. The number of benzene rings is 1. The molecule has 0 saturated heterocycles. The minimum absolute atomic E-state index is 0.557. The molecule has 3 rings (SSSR count). The smallest absolute Gasteiger partial charge is 0.0724 e. The minimum atomic E-state index is 0.557. The van der Waals surface area contributed by atoms with E-state index in [1.54, 1.807) is 12.4 Å². The molecule has 3 heteroatoms. The Morgan fingerprint density at radius 2 is 2.06 bits per heavy atom. The van der Waals surface area contributed by atoms with E-state index in [9.17, 15) is 0 Å². The predicted molar refractivity (Wildman–Crippen MR) is 71.1 cm³/mol. The molecule has 1 heterocycles. The first-order valence-corrected chi connectivity index (χ1v) is 6.47. The summed E-state index contributed by atoms with van der Waals surface area (Å²) >= 11 is 0. The first-order chi connectivity index (χ1) is 8.92. The van der Waals surface area contributed by atoms with Crippen LogP contribution in [0.5, 0.6) is 0 Å². The van der Waals surface area contributed by atoms with Crippen LogP contribution in [0.2, 0.25) is 0 Å². The number of hydrogen-bond donors (Lipinski definition) is 1. The summed E-state index contributed by atoms with van der Waals surface area (Å²) in [7, 11) is 0. The molecule has 92 valence electrons. The number of rotatable bonds is 3. The predicted octanol–water partition coefficient (Wildman–Crippen LogP) is 2.12. The van der Waals surface area contributed by atoms with Crippen molar-refractivity contribution in [2.45, 2.75) is 31.8 Å². The van der Waals surface area contributed by atoms with Crippen LogP contribution in [0.1, 0.15) is 23.2 Å². The molecule has 1 aliphatic carbocycles. The molecule has 0 amide bonds. The van der Waals surface area contributed by atoms with E-state index in [-0.39, 0.29) is 0 Å². The largest absolute Gasteiger partial charge is 0.308 e. The lowest BCUT2D eigenvalue weighted by Crippen LogP contribution is -2.34. The van der Waals surface area contributed by atoms with Crippen LogP contribution in [0.3, 0.4) is 0 Å². The van der Waals surface area contributed by atoms with Crippen molar-refractivity contribution in [1.82, 2.24) is 15.3 Å². The van der Waals surface area contributed by atoms with Crippen LogP contribution in [0.15, 0.2) is 42.9 Å². The molecule has 1 aromatic heterocycles. The van der Waals surface area contributed by atoms with E-state index in [1.165, 1.54) is 24.0 Å². The van der Waals surface area contributed by atoms with Gasteiger partial charge in [0.15, 0.2) is 0 Å². The summed E-state index contributed by atoms with van der Waals surface area (Å²) in [6.07, 6.45) is 8.78. The van der Waals surface area contributed by atoms with Crippen LogP contribution in [-0.2, 0) is 19.4 Å². The van der Waals surface area contributed by atoms with E-state index >= 15 is 0 Å². The Bertz CT molecular complexity index is 510. The monoisotopic (exact) mass is 239 g/mol. The molecule has 0 radical (unpaired) electrons. The molecule has 1 unspecified atom stereocenters. The molecule has 0 aliphatic heterocycles. The van der Waals surface area contributed by atoms with Gasteiger partial charge in [0.05, 0.1) is 5.69 Å². The molecule has 0 spiro atoms. The van der Waals surface area contributed by atoms with Crippen LogP contribution in [0.4, 0.5) is 0 Å². The summed E-state index contributed by atoms with van der Waals surface area (Å²) in [5.74, 6) is 0. The van der Waals surface area contributed by atoms with Crippen LogP contribution in [-0.4, -0.2) is 16.0 Å². The number of fused-ring (bicyclic) bond motifs is 1. The van der Waals surface area contributed by atoms with Gasteiger partial charge in [0.25, 0.3) is 0 Å². The SMILES string of the molecule is c1ccc2c(c1)CCC(NCc1cnccn1)C2. The van der Waals surface area contributed by atoms with E-state index in [2.05, 4.69) is 39.6 Å². The average Bonchev–Trinajstić information content (AvgIpc) is 2.46. The number of nitrogens with one attached hydrogen (secondary N) is 1. The standard InChI is InChI=1S/C15H17N3/c1-2-4-13-9-14(6-5-12(13)3-1)18-11-15-10-16-7-8-17-15/h1-4,7-8,10,14,18H,5-6,9,11H2. The first kappa shape index (κ1) is 11.4. The van der Waals surface area contributed by atoms with E-state index in [0.29, 0.717) is 6.04 Å². The highest BCUT2D eigenvalue weighted by molar-refractivity contribution is 5.30. The Hall–Kier alpha value is -1.74. The molecular weight excluding hydrogens is 222 g/mol. The van der Waals surface area contributed by atoms with Gasteiger partial charge in [-0.2, -0.15) is 0 Å². The molecular formula is C15H17N3. The maximum Gasteiger partial charge on any atom is 0.0724 e. The molecule has 1 aromatic carbocycles. The zero-order valence-corrected chi connectivity index (χ0v) is 10.3. The Labute approximate surface area is 107 Å². The van der Waals surface area contributed by atoms with Gasteiger partial charge in [-0.25, -0.2) is 0 Å². The van der Waals surface area contributed by atoms with Gasteiger partial charge < -0.3 is 5.32 Å². The van der Waals surface area contributed by atoms with Crippen molar-refractivity contribution >= 4 is 0 Å². The summed E-state index contributed by atoms with van der Waals surface area (Å²) in [4.78, 5) is 8.36. The summed E-state index contributed by atoms with van der Waals surface area (Å²) in [5, 5.41) is 3.58. The average molecular weight is 239 g/mol. The highest BCUT2D eigenvalue weighted by Crippen LogP contribution is 2.21. The third kappa shape index (κ3) is 2.57. The summed E-state index contributed by atoms with van der Waals surface area (Å²) in [5.41, 5.74) is 4.01. The lowest BCUT2D eigenvalue weighted by molar-refractivity contribution is 0.454. The molecule has 0 saturated carbocycles. The second kappa shape index (κ2) is 5.27. The second-order valence-corrected chi connectivity index (χ2v) is 4.79. The van der Waals surface area contributed by atoms with Gasteiger partial charge in [-0.3, -0.25) is 9.97 Å². The number of hydrogen-bond acceptors (Lipinski definition) is 3. The molecule has 2 aromatic rings. The molecule has 1 N–H and O–H groups in total. The topological polar surface area (TPSA) is 37.8 Å². The molecule has 0 fully saturated rings. The van der Waals surface area contributed by atoms with Crippen molar-refractivity contribution in [2.75, 3.05) is 0 Å². The number of nitrogens with zero attached hydrogens (tertiary/aromatic N) is 2. The van der Waals surface area contributed by atoms with Crippen LogP contribution >= 0.6 is 0 Å². The summed E-state index contributed by atoms with van der Waals surface area (Å²) in [6, 6.07) is 9.30. The lowest BCUT2D eigenvalue weighted by Gasteiger charge is -2.25. The third-order valence-electron chi connectivity index (χ3n) is 3.54. The lowest BCUT2D eigenvalue weighted by atomic mass is 9.88. The summed E-state index contributed by atoms with van der Waals surface area (Å²) in [6.45, 7) is 0.806. The number of aromatic nitrogens is 2. The van der Waals surface area contributed by atoms with Gasteiger partial charge in [-0.15, -0.1) is 0 Å². The van der Waals surface area contributed by atoms with Gasteiger partial charge in [0.1, 0.15) is 0 Å². The Morgan fingerprint density at radius 3 is 2.89 bits per heavy atom. The third-order valence-corrected chi connectivity index (χ3v) is 3.54. The van der Waals surface area contributed by atoms with Crippen molar-refractivity contribution in [1.29, 1.82) is 0 Å². The van der Waals surface area contributed by atoms with Crippen molar-refractivity contribution in [3.05, 3.63) is 59.7 Å². The molecule has 1 aliphatic rings. The van der Waals surface area contributed by atoms with Crippen molar-refractivity contribution in [3.8, 4) is 0 Å². The quantitative estimate of drug-likeness (QED) is 0.891. The van der Waals surface area contributed by atoms with E-state index in [1.807, 2.05) is 6.20 Å². The maximum absolute atomic E-state index is 4.28. The first-order valence-electron chi connectivity index (χ1n) is 6.47. The van der Waals surface area contributed by atoms with E-state index in [0.717, 1.165) is 18.7 Å². The van der Waals surface area contributed by atoms with Gasteiger partial charge >= 0.3 is 0 Å². The fourth-order valence-electron chi connectivity index (χ4n) is 2.54.